The lowest BCUT2D eigenvalue weighted by Crippen LogP contribution is -2.26. The minimum Gasteiger partial charge on any atom is -0.212 e. The molecule has 70 valence electrons. The van der Waals surface area contributed by atoms with Gasteiger partial charge in [0.25, 0.3) is 0 Å². The van der Waals surface area contributed by atoms with Crippen LogP contribution in [0.4, 0.5) is 0 Å². The summed E-state index contributed by atoms with van der Waals surface area (Å²) in [6.07, 6.45) is 0.675. The molecule has 6 heteroatoms. The molecule has 3 nitrogen and oxygen atoms in total. The third-order valence-electron chi connectivity index (χ3n) is 1.65. The van der Waals surface area contributed by atoms with Crippen LogP contribution in [0.5, 0.6) is 0 Å². The predicted octanol–water partition coefficient (Wildman–Crippen LogP) is 1.34. The van der Waals surface area contributed by atoms with E-state index < -0.39 is 10.0 Å². The molecule has 0 bridgehead atoms. The third kappa shape index (κ3) is 2.36. The Kier molecular flexibility index (Phi) is 3.40. The maximum atomic E-state index is 11.2. The standard InChI is InChI=1S/C6H9Cl2NO2S/c7-4-6(8)5-9-2-1-3-12(9,10)11/h4H,1-3,5H2/b6-4+. The van der Waals surface area contributed by atoms with E-state index in [4.69, 9.17) is 23.2 Å². The van der Waals surface area contributed by atoms with Crippen molar-refractivity contribution in [3.05, 3.63) is 10.6 Å². The zero-order chi connectivity index (χ0) is 9.19. The molecule has 1 rings (SSSR count). The van der Waals surface area contributed by atoms with E-state index in [2.05, 4.69) is 0 Å². The molecule has 0 spiro atoms. The first-order valence-electron chi connectivity index (χ1n) is 3.49. The highest BCUT2D eigenvalue weighted by molar-refractivity contribution is 7.89. The zero-order valence-electron chi connectivity index (χ0n) is 6.33. The summed E-state index contributed by atoms with van der Waals surface area (Å²) >= 11 is 10.9. The summed E-state index contributed by atoms with van der Waals surface area (Å²) in [4.78, 5) is 0. The smallest absolute Gasteiger partial charge is 0.212 e. The molecule has 0 aromatic rings. The molecule has 0 radical (unpaired) electrons. The fraction of sp³-hybridized carbons (Fsp3) is 0.667. The normalized spacial score (nSPS) is 24.7. The first-order chi connectivity index (χ1) is 5.56. The van der Waals surface area contributed by atoms with Gasteiger partial charge >= 0.3 is 0 Å². The highest BCUT2D eigenvalue weighted by Gasteiger charge is 2.28. The van der Waals surface area contributed by atoms with Crippen LogP contribution in [0.3, 0.4) is 0 Å². The highest BCUT2D eigenvalue weighted by atomic mass is 35.5. The van der Waals surface area contributed by atoms with E-state index in [1.54, 1.807) is 0 Å². The summed E-state index contributed by atoms with van der Waals surface area (Å²) in [5.41, 5.74) is 1.19. The van der Waals surface area contributed by atoms with Crippen LogP contribution in [-0.2, 0) is 10.0 Å². The first-order valence-corrected chi connectivity index (χ1v) is 5.91. The summed E-state index contributed by atoms with van der Waals surface area (Å²) in [6.45, 7) is 0.747. The average molecular weight is 230 g/mol. The molecule has 0 aromatic carbocycles. The van der Waals surface area contributed by atoms with Gasteiger partial charge in [0.05, 0.1) is 12.3 Å². The molecular formula is C6H9Cl2NO2S. The Morgan fingerprint density at radius 2 is 2.25 bits per heavy atom. The minimum absolute atomic E-state index is 0.202. The Labute approximate surface area is 82.0 Å². The Balaban J connectivity index is 2.65. The van der Waals surface area contributed by atoms with Crippen LogP contribution < -0.4 is 0 Å². The topological polar surface area (TPSA) is 37.4 Å². The van der Waals surface area contributed by atoms with Crippen LogP contribution in [0.25, 0.3) is 0 Å². The van der Waals surface area contributed by atoms with Crippen molar-refractivity contribution in [2.24, 2.45) is 0 Å². The van der Waals surface area contributed by atoms with Crippen molar-refractivity contribution in [1.82, 2.24) is 4.31 Å². The van der Waals surface area contributed by atoms with Gasteiger partial charge < -0.3 is 0 Å². The highest BCUT2D eigenvalue weighted by Crippen LogP contribution is 2.16. The van der Waals surface area contributed by atoms with Gasteiger partial charge in [-0.1, -0.05) is 23.2 Å². The Bertz CT molecular complexity index is 286. The van der Waals surface area contributed by atoms with E-state index in [0.717, 1.165) is 0 Å². The van der Waals surface area contributed by atoms with Gasteiger partial charge in [-0.15, -0.1) is 0 Å². The fourth-order valence-corrected chi connectivity index (χ4v) is 2.85. The van der Waals surface area contributed by atoms with Crippen LogP contribution in [0.1, 0.15) is 6.42 Å². The molecule has 0 saturated carbocycles. The molecule has 1 fully saturated rings. The molecule has 12 heavy (non-hydrogen) atoms. The van der Waals surface area contributed by atoms with Gasteiger partial charge in [0.1, 0.15) is 0 Å². The average Bonchev–Trinajstić information content (AvgIpc) is 2.31. The second-order valence-corrected chi connectivity index (χ2v) is 5.35. The number of hydrogen-bond donors (Lipinski definition) is 0. The molecule has 0 N–H and O–H groups in total. The van der Waals surface area contributed by atoms with Crippen molar-refractivity contribution in [1.29, 1.82) is 0 Å². The van der Waals surface area contributed by atoms with E-state index in [-0.39, 0.29) is 12.3 Å². The van der Waals surface area contributed by atoms with Gasteiger partial charge in [0, 0.05) is 17.1 Å². The van der Waals surface area contributed by atoms with Gasteiger partial charge in [0.15, 0.2) is 0 Å². The van der Waals surface area contributed by atoms with E-state index in [0.29, 0.717) is 18.0 Å². The number of rotatable bonds is 2. The molecule has 0 aliphatic carbocycles. The number of sulfonamides is 1. The third-order valence-corrected chi connectivity index (χ3v) is 4.16. The summed E-state index contributed by atoms with van der Waals surface area (Å²) in [7, 11) is -3.04. The van der Waals surface area contributed by atoms with Gasteiger partial charge in [-0.25, -0.2) is 8.42 Å². The SMILES string of the molecule is O=S1(=O)CCCN1C/C(Cl)=C\Cl. The van der Waals surface area contributed by atoms with Crippen LogP contribution in [-0.4, -0.2) is 31.6 Å². The quantitative estimate of drug-likeness (QED) is 0.717. The van der Waals surface area contributed by atoms with Crippen LogP contribution >= 0.6 is 23.2 Å². The van der Waals surface area contributed by atoms with Crippen molar-refractivity contribution in [3.63, 3.8) is 0 Å². The van der Waals surface area contributed by atoms with Crippen molar-refractivity contribution < 1.29 is 8.42 Å². The van der Waals surface area contributed by atoms with E-state index in [1.807, 2.05) is 0 Å². The summed E-state index contributed by atoms with van der Waals surface area (Å²) < 4.78 is 23.8. The monoisotopic (exact) mass is 229 g/mol. The van der Waals surface area contributed by atoms with Crippen molar-refractivity contribution >= 4 is 33.2 Å². The van der Waals surface area contributed by atoms with Crippen molar-refractivity contribution in [2.75, 3.05) is 18.8 Å². The Morgan fingerprint density at radius 3 is 2.67 bits per heavy atom. The molecule has 0 amide bonds. The van der Waals surface area contributed by atoms with E-state index in [9.17, 15) is 8.42 Å². The van der Waals surface area contributed by atoms with Gasteiger partial charge in [-0.2, -0.15) is 4.31 Å². The van der Waals surface area contributed by atoms with Gasteiger partial charge in [-0.3, -0.25) is 0 Å². The molecule has 1 heterocycles. The second kappa shape index (κ2) is 3.96. The predicted molar refractivity (Wildman–Crippen MR) is 49.8 cm³/mol. The Morgan fingerprint density at radius 1 is 1.58 bits per heavy atom. The lowest BCUT2D eigenvalue weighted by Gasteiger charge is -2.12. The molecule has 0 atom stereocenters. The van der Waals surface area contributed by atoms with Crippen molar-refractivity contribution in [2.45, 2.75) is 6.42 Å². The summed E-state index contributed by atoms with van der Waals surface area (Å²) in [6, 6.07) is 0. The molecule has 0 unspecified atom stereocenters. The van der Waals surface area contributed by atoms with Crippen LogP contribution in [0.15, 0.2) is 10.6 Å². The largest absolute Gasteiger partial charge is 0.214 e. The van der Waals surface area contributed by atoms with Gasteiger partial charge in [0.2, 0.25) is 10.0 Å². The first kappa shape index (κ1) is 10.3. The molecule has 1 saturated heterocycles. The maximum Gasteiger partial charge on any atom is 0.214 e. The molecule has 1 aliphatic rings. The summed E-state index contributed by atoms with van der Waals surface area (Å²) in [5, 5.41) is 0.349. The number of nitrogens with zero attached hydrogens (tertiary/aromatic N) is 1. The maximum absolute atomic E-state index is 11.2. The van der Waals surface area contributed by atoms with E-state index >= 15 is 0 Å². The lowest BCUT2D eigenvalue weighted by molar-refractivity contribution is 0.476. The number of hydrogen-bond acceptors (Lipinski definition) is 2. The van der Waals surface area contributed by atoms with Gasteiger partial charge in [-0.05, 0) is 6.42 Å². The van der Waals surface area contributed by atoms with E-state index in [1.165, 1.54) is 9.84 Å². The zero-order valence-corrected chi connectivity index (χ0v) is 8.66. The second-order valence-electron chi connectivity index (χ2n) is 2.56. The molecule has 0 aromatic heterocycles. The molecule has 1 aliphatic heterocycles. The summed E-state index contributed by atoms with van der Waals surface area (Å²) in [5.74, 6) is 0.222. The fourth-order valence-electron chi connectivity index (χ4n) is 1.07. The van der Waals surface area contributed by atoms with Crippen molar-refractivity contribution in [3.8, 4) is 0 Å². The van der Waals surface area contributed by atoms with Crippen LogP contribution in [0, 0.1) is 0 Å². The Hall–Kier alpha value is 0.230. The lowest BCUT2D eigenvalue weighted by atomic mass is 10.5. The number of halogens is 2. The van der Waals surface area contributed by atoms with Crippen LogP contribution in [0.2, 0.25) is 0 Å². The molecular weight excluding hydrogens is 221 g/mol. The minimum atomic E-state index is -3.04.